The summed E-state index contributed by atoms with van der Waals surface area (Å²) in [5, 5.41) is 4.15. The van der Waals surface area contributed by atoms with Crippen LogP contribution in [-0.4, -0.2) is 15.7 Å². The first-order valence-corrected chi connectivity index (χ1v) is 5.59. The highest BCUT2D eigenvalue weighted by atomic mass is 16.1. The summed E-state index contributed by atoms with van der Waals surface area (Å²) in [5.74, 6) is 0.275. The zero-order valence-corrected chi connectivity index (χ0v) is 8.85. The molecule has 0 unspecified atom stereocenters. The number of nitrogens with two attached hydrogens (primary N) is 1. The summed E-state index contributed by atoms with van der Waals surface area (Å²) >= 11 is 0. The molecule has 1 heterocycles. The van der Waals surface area contributed by atoms with Crippen molar-refractivity contribution in [3.8, 4) is 0 Å². The predicted molar refractivity (Wildman–Crippen MR) is 57.3 cm³/mol. The zero-order chi connectivity index (χ0) is 10.7. The van der Waals surface area contributed by atoms with Gasteiger partial charge in [-0.1, -0.05) is 19.3 Å². The monoisotopic (exact) mass is 207 g/mol. The van der Waals surface area contributed by atoms with E-state index in [1.807, 2.05) is 10.9 Å². The van der Waals surface area contributed by atoms with Gasteiger partial charge in [0.2, 0.25) is 0 Å². The molecular weight excluding hydrogens is 190 g/mol. The van der Waals surface area contributed by atoms with Crippen LogP contribution in [0.5, 0.6) is 0 Å². The first kappa shape index (κ1) is 10.2. The third-order valence-corrected chi connectivity index (χ3v) is 3.06. The van der Waals surface area contributed by atoms with E-state index in [0.717, 1.165) is 12.5 Å². The SMILES string of the molecule is NC(=O)c1ccn(CC2CCCCC2)n1. The zero-order valence-electron chi connectivity index (χ0n) is 8.85. The third-order valence-electron chi connectivity index (χ3n) is 3.06. The van der Waals surface area contributed by atoms with Crippen LogP contribution < -0.4 is 5.73 Å². The highest BCUT2D eigenvalue weighted by Gasteiger charge is 2.14. The Bertz CT molecular complexity index is 339. The van der Waals surface area contributed by atoms with Gasteiger partial charge in [-0.05, 0) is 24.8 Å². The van der Waals surface area contributed by atoms with Crippen molar-refractivity contribution in [1.29, 1.82) is 0 Å². The molecule has 1 saturated carbocycles. The van der Waals surface area contributed by atoms with Gasteiger partial charge in [0, 0.05) is 12.7 Å². The van der Waals surface area contributed by atoms with Crippen molar-refractivity contribution >= 4 is 5.91 Å². The number of nitrogens with zero attached hydrogens (tertiary/aromatic N) is 2. The van der Waals surface area contributed by atoms with Crippen LogP contribution in [0.1, 0.15) is 42.6 Å². The first-order chi connectivity index (χ1) is 7.25. The molecule has 0 saturated heterocycles. The van der Waals surface area contributed by atoms with E-state index in [-0.39, 0.29) is 0 Å². The lowest BCUT2D eigenvalue weighted by atomic mass is 9.89. The minimum atomic E-state index is -0.447. The van der Waals surface area contributed by atoms with Crippen molar-refractivity contribution in [2.45, 2.75) is 38.6 Å². The molecule has 4 heteroatoms. The molecule has 2 rings (SSSR count). The van der Waals surface area contributed by atoms with Gasteiger partial charge in [-0.15, -0.1) is 0 Å². The van der Waals surface area contributed by atoms with Crippen molar-refractivity contribution in [1.82, 2.24) is 9.78 Å². The van der Waals surface area contributed by atoms with E-state index < -0.39 is 5.91 Å². The Morgan fingerprint density at radius 2 is 2.20 bits per heavy atom. The molecule has 2 N–H and O–H groups in total. The molecule has 0 aromatic carbocycles. The number of primary amides is 1. The number of carbonyl (C=O) groups excluding carboxylic acids is 1. The number of rotatable bonds is 3. The van der Waals surface area contributed by atoms with Gasteiger partial charge in [0.25, 0.3) is 5.91 Å². The average molecular weight is 207 g/mol. The number of hydrogen-bond acceptors (Lipinski definition) is 2. The minimum absolute atomic E-state index is 0.366. The molecule has 0 spiro atoms. The van der Waals surface area contributed by atoms with Gasteiger partial charge in [-0.25, -0.2) is 0 Å². The van der Waals surface area contributed by atoms with Crippen molar-refractivity contribution < 1.29 is 4.79 Å². The van der Waals surface area contributed by atoms with Crippen LogP contribution in [-0.2, 0) is 6.54 Å². The van der Waals surface area contributed by atoms with Crippen LogP contribution >= 0.6 is 0 Å². The Morgan fingerprint density at radius 1 is 1.47 bits per heavy atom. The number of aromatic nitrogens is 2. The molecule has 0 atom stereocenters. The lowest BCUT2D eigenvalue weighted by Crippen LogP contribution is -2.16. The molecule has 1 aromatic rings. The second-order valence-electron chi connectivity index (χ2n) is 4.29. The van der Waals surface area contributed by atoms with Crippen LogP contribution in [0.4, 0.5) is 0 Å². The molecule has 15 heavy (non-hydrogen) atoms. The van der Waals surface area contributed by atoms with Crippen molar-refractivity contribution in [3.63, 3.8) is 0 Å². The lowest BCUT2D eigenvalue weighted by molar-refractivity contribution is 0.0994. The van der Waals surface area contributed by atoms with Gasteiger partial charge in [-0.3, -0.25) is 9.48 Å². The van der Waals surface area contributed by atoms with E-state index >= 15 is 0 Å². The quantitative estimate of drug-likeness (QED) is 0.817. The Labute approximate surface area is 89.5 Å². The van der Waals surface area contributed by atoms with Gasteiger partial charge < -0.3 is 5.73 Å². The van der Waals surface area contributed by atoms with Gasteiger partial charge in [0.15, 0.2) is 0 Å². The fourth-order valence-corrected chi connectivity index (χ4v) is 2.23. The second kappa shape index (κ2) is 4.47. The third kappa shape index (κ3) is 2.58. The maximum atomic E-state index is 10.9. The van der Waals surface area contributed by atoms with Crippen LogP contribution in [0.25, 0.3) is 0 Å². The van der Waals surface area contributed by atoms with Crippen molar-refractivity contribution in [3.05, 3.63) is 18.0 Å². The van der Waals surface area contributed by atoms with E-state index in [9.17, 15) is 4.79 Å². The van der Waals surface area contributed by atoms with Crippen LogP contribution in [0, 0.1) is 5.92 Å². The topological polar surface area (TPSA) is 60.9 Å². The van der Waals surface area contributed by atoms with Crippen LogP contribution in [0.2, 0.25) is 0 Å². The van der Waals surface area contributed by atoms with Gasteiger partial charge in [0.05, 0.1) is 0 Å². The van der Waals surface area contributed by atoms with Crippen LogP contribution in [0.15, 0.2) is 12.3 Å². The molecule has 1 fully saturated rings. The maximum absolute atomic E-state index is 10.9. The highest BCUT2D eigenvalue weighted by Crippen LogP contribution is 2.24. The largest absolute Gasteiger partial charge is 0.364 e. The van der Waals surface area contributed by atoms with E-state index in [4.69, 9.17) is 5.73 Å². The highest BCUT2D eigenvalue weighted by molar-refractivity contribution is 5.90. The molecular formula is C11H17N3O. The summed E-state index contributed by atoms with van der Waals surface area (Å²) < 4.78 is 1.84. The summed E-state index contributed by atoms with van der Waals surface area (Å²) in [4.78, 5) is 10.9. The molecule has 0 bridgehead atoms. The normalized spacial score (nSPS) is 17.9. The van der Waals surface area contributed by atoms with E-state index in [1.54, 1.807) is 6.07 Å². The summed E-state index contributed by atoms with van der Waals surface area (Å²) in [6, 6.07) is 1.69. The summed E-state index contributed by atoms with van der Waals surface area (Å²) in [7, 11) is 0. The second-order valence-corrected chi connectivity index (χ2v) is 4.29. The lowest BCUT2D eigenvalue weighted by Gasteiger charge is -2.21. The van der Waals surface area contributed by atoms with Crippen molar-refractivity contribution in [2.75, 3.05) is 0 Å². The standard InChI is InChI=1S/C11H17N3O/c12-11(15)10-6-7-14(13-10)8-9-4-2-1-3-5-9/h6-7,9H,1-5,8H2,(H2,12,15). The molecule has 1 aromatic heterocycles. The molecule has 1 aliphatic carbocycles. The molecule has 1 aliphatic rings. The van der Waals surface area contributed by atoms with Gasteiger partial charge in [-0.2, -0.15) is 5.10 Å². The number of hydrogen-bond donors (Lipinski definition) is 1. The Hall–Kier alpha value is -1.32. The Balaban J connectivity index is 1.94. The van der Waals surface area contributed by atoms with E-state index in [0.29, 0.717) is 5.69 Å². The maximum Gasteiger partial charge on any atom is 0.269 e. The Kier molecular flexibility index (Phi) is 3.04. The fraction of sp³-hybridized carbons (Fsp3) is 0.636. The molecule has 82 valence electrons. The smallest absolute Gasteiger partial charge is 0.269 e. The van der Waals surface area contributed by atoms with Crippen LogP contribution in [0.3, 0.4) is 0 Å². The average Bonchev–Trinajstić information content (AvgIpc) is 2.68. The van der Waals surface area contributed by atoms with Gasteiger partial charge >= 0.3 is 0 Å². The minimum Gasteiger partial charge on any atom is -0.364 e. The molecule has 0 aliphatic heterocycles. The van der Waals surface area contributed by atoms with E-state index in [1.165, 1.54) is 32.1 Å². The fourth-order valence-electron chi connectivity index (χ4n) is 2.23. The van der Waals surface area contributed by atoms with Crippen molar-refractivity contribution in [2.24, 2.45) is 11.7 Å². The van der Waals surface area contributed by atoms with Gasteiger partial charge in [0.1, 0.15) is 5.69 Å². The predicted octanol–water partition coefficient (Wildman–Crippen LogP) is 1.56. The Morgan fingerprint density at radius 3 is 2.80 bits per heavy atom. The molecule has 0 radical (unpaired) electrons. The first-order valence-electron chi connectivity index (χ1n) is 5.59. The van der Waals surface area contributed by atoms with E-state index in [2.05, 4.69) is 5.10 Å². The summed E-state index contributed by atoms with van der Waals surface area (Å²) in [5.41, 5.74) is 5.51. The number of amides is 1. The summed E-state index contributed by atoms with van der Waals surface area (Å²) in [6.07, 6.45) is 8.43. The number of carbonyl (C=O) groups is 1. The summed E-state index contributed by atoms with van der Waals surface area (Å²) in [6.45, 7) is 0.924. The molecule has 4 nitrogen and oxygen atoms in total. The molecule has 1 amide bonds.